The summed E-state index contributed by atoms with van der Waals surface area (Å²) in [6.07, 6.45) is 0. The van der Waals surface area contributed by atoms with E-state index in [1.807, 2.05) is 26.0 Å². The van der Waals surface area contributed by atoms with E-state index in [4.69, 9.17) is 4.42 Å². The highest BCUT2D eigenvalue weighted by Crippen LogP contribution is 2.27. The van der Waals surface area contributed by atoms with Crippen molar-refractivity contribution in [2.45, 2.75) is 20.4 Å². The molecule has 0 aliphatic carbocycles. The third-order valence-electron chi connectivity index (χ3n) is 3.40. The number of hydrogen-bond donors (Lipinski definition) is 1. The lowest BCUT2D eigenvalue weighted by molar-refractivity contribution is 0.467. The first-order valence-electron chi connectivity index (χ1n) is 6.33. The fourth-order valence-electron chi connectivity index (χ4n) is 2.49. The van der Waals surface area contributed by atoms with Crippen molar-refractivity contribution in [3.05, 3.63) is 50.6 Å². The Bertz CT molecular complexity index is 950. The van der Waals surface area contributed by atoms with Gasteiger partial charge in [0.25, 0.3) is 5.56 Å². The van der Waals surface area contributed by atoms with E-state index >= 15 is 0 Å². The van der Waals surface area contributed by atoms with Gasteiger partial charge in [-0.2, -0.15) is 0 Å². The number of aryl methyl sites for hydroxylation is 2. The summed E-state index contributed by atoms with van der Waals surface area (Å²) in [5, 5.41) is 10.6. The van der Waals surface area contributed by atoms with Gasteiger partial charge in [0.2, 0.25) is 0 Å². The van der Waals surface area contributed by atoms with Gasteiger partial charge in [-0.3, -0.25) is 4.79 Å². The minimum atomic E-state index is -0.675. The fourth-order valence-corrected chi connectivity index (χ4v) is 2.49. The first-order valence-corrected chi connectivity index (χ1v) is 6.33. The van der Waals surface area contributed by atoms with Crippen LogP contribution in [0, 0.1) is 6.92 Å². The number of fused-ring (bicyclic) bond motifs is 3. The van der Waals surface area contributed by atoms with Crippen LogP contribution >= 0.6 is 0 Å². The van der Waals surface area contributed by atoms with Crippen LogP contribution < -0.4 is 11.2 Å². The first kappa shape index (κ1) is 12.5. The molecule has 0 radical (unpaired) electrons. The second kappa shape index (κ2) is 4.23. The largest absolute Gasteiger partial charge is 0.507 e. The summed E-state index contributed by atoms with van der Waals surface area (Å²) in [4.78, 5) is 23.9. The second-order valence-electron chi connectivity index (χ2n) is 4.72. The van der Waals surface area contributed by atoms with Gasteiger partial charge in [0.05, 0.1) is 11.6 Å². The zero-order valence-corrected chi connectivity index (χ0v) is 11.1. The predicted molar refractivity (Wildman–Crippen MR) is 76.3 cm³/mol. The van der Waals surface area contributed by atoms with Gasteiger partial charge in [-0.25, -0.2) is 4.79 Å². The monoisotopic (exact) mass is 271 g/mol. The molecule has 0 spiro atoms. The van der Waals surface area contributed by atoms with Crippen LogP contribution in [0.5, 0.6) is 5.75 Å². The van der Waals surface area contributed by atoms with Gasteiger partial charge >= 0.3 is 5.63 Å². The molecular formula is C15H13NO4. The molecule has 102 valence electrons. The van der Waals surface area contributed by atoms with Crippen molar-refractivity contribution in [2.24, 2.45) is 0 Å². The van der Waals surface area contributed by atoms with Crippen LogP contribution in [-0.4, -0.2) is 9.67 Å². The van der Waals surface area contributed by atoms with E-state index in [0.29, 0.717) is 17.4 Å². The Hall–Kier alpha value is -2.56. The number of nitrogens with zero attached hydrogens (tertiary/aromatic N) is 1. The number of aromatic nitrogens is 1. The topological polar surface area (TPSA) is 72.4 Å². The number of pyridine rings is 1. The molecular weight excluding hydrogens is 258 g/mol. The van der Waals surface area contributed by atoms with Gasteiger partial charge in [-0.1, -0.05) is 6.07 Å². The highest BCUT2D eigenvalue weighted by atomic mass is 16.4. The molecule has 0 amide bonds. The van der Waals surface area contributed by atoms with Crippen LogP contribution in [0.3, 0.4) is 0 Å². The maximum absolute atomic E-state index is 12.5. The molecule has 0 saturated carbocycles. The van der Waals surface area contributed by atoms with Crippen LogP contribution in [0.25, 0.3) is 21.9 Å². The van der Waals surface area contributed by atoms with Gasteiger partial charge in [0.15, 0.2) is 5.58 Å². The van der Waals surface area contributed by atoms with Crippen LogP contribution in [0.2, 0.25) is 0 Å². The lowest BCUT2D eigenvalue weighted by atomic mass is 10.1. The summed E-state index contributed by atoms with van der Waals surface area (Å²) in [5.41, 5.74) is 0.798. The molecule has 0 unspecified atom stereocenters. The van der Waals surface area contributed by atoms with E-state index < -0.39 is 5.63 Å². The van der Waals surface area contributed by atoms with Crippen molar-refractivity contribution in [3.63, 3.8) is 0 Å². The molecule has 0 fully saturated rings. The van der Waals surface area contributed by atoms with Crippen molar-refractivity contribution in [1.29, 1.82) is 0 Å². The maximum atomic E-state index is 12.5. The fraction of sp³-hybridized carbons (Fsp3) is 0.200. The lowest BCUT2D eigenvalue weighted by Crippen LogP contribution is -2.20. The Morgan fingerprint density at radius 1 is 1.25 bits per heavy atom. The Morgan fingerprint density at radius 2 is 2.00 bits per heavy atom. The molecule has 1 N–H and O–H groups in total. The van der Waals surface area contributed by atoms with Gasteiger partial charge in [-0.05, 0) is 31.5 Å². The van der Waals surface area contributed by atoms with Crippen molar-refractivity contribution >= 4 is 21.9 Å². The highest BCUT2D eigenvalue weighted by Gasteiger charge is 2.16. The maximum Gasteiger partial charge on any atom is 0.339 e. The van der Waals surface area contributed by atoms with E-state index in [2.05, 4.69) is 0 Å². The summed E-state index contributed by atoms with van der Waals surface area (Å²) in [7, 11) is 0. The number of aromatic hydroxyl groups is 1. The zero-order valence-electron chi connectivity index (χ0n) is 11.1. The third-order valence-corrected chi connectivity index (χ3v) is 3.40. The third kappa shape index (κ3) is 1.63. The van der Waals surface area contributed by atoms with E-state index in [1.54, 1.807) is 10.6 Å². The van der Waals surface area contributed by atoms with E-state index in [-0.39, 0.29) is 22.3 Å². The molecule has 3 rings (SSSR count). The van der Waals surface area contributed by atoms with Gasteiger partial charge in [0.1, 0.15) is 11.1 Å². The summed E-state index contributed by atoms with van der Waals surface area (Å²) in [5.74, 6) is -0.342. The van der Waals surface area contributed by atoms with Crippen molar-refractivity contribution in [1.82, 2.24) is 4.57 Å². The SMILES string of the molecule is CCn1c(=O)c2c(O)cc(=O)oc2c2ccc(C)cc21. The second-order valence-corrected chi connectivity index (χ2v) is 4.72. The average molecular weight is 271 g/mol. The van der Waals surface area contributed by atoms with Gasteiger partial charge < -0.3 is 14.1 Å². The Balaban J connectivity index is 2.73. The highest BCUT2D eigenvalue weighted by molar-refractivity contribution is 6.03. The molecule has 2 heterocycles. The average Bonchev–Trinajstić information content (AvgIpc) is 2.38. The van der Waals surface area contributed by atoms with Gasteiger partial charge in [-0.15, -0.1) is 0 Å². The Morgan fingerprint density at radius 3 is 2.70 bits per heavy atom. The summed E-state index contributed by atoms with van der Waals surface area (Å²) < 4.78 is 6.71. The normalized spacial score (nSPS) is 11.3. The molecule has 1 aromatic carbocycles. The van der Waals surface area contributed by atoms with Crippen LogP contribution in [0.4, 0.5) is 0 Å². The minimum absolute atomic E-state index is 0.0443. The molecule has 20 heavy (non-hydrogen) atoms. The quantitative estimate of drug-likeness (QED) is 0.688. The lowest BCUT2D eigenvalue weighted by Gasteiger charge is -2.11. The molecule has 5 heteroatoms. The van der Waals surface area contributed by atoms with Crippen molar-refractivity contribution < 1.29 is 9.52 Å². The number of rotatable bonds is 1. The van der Waals surface area contributed by atoms with Crippen LogP contribution in [0.1, 0.15) is 12.5 Å². The Kier molecular flexibility index (Phi) is 2.64. The zero-order chi connectivity index (χ0) is 14.4. The molecule has 0 bridgehead atoms. The number of hydrogen-bond acceptors (Lipinski definition) is 4. The first-order chi connectivity index (χ1) is 9.52. The molecule has 2 aromatic heterocycles. The Labute approximate surface area is 113 Å². The smallest absolute Gasteiger partial charge is 0.339 e. The summed E-state index contributed by atoms with van der Waals surface area (Å²) in [6, 6.07) is 6.45. The van der Waals surface area contributed by atoms with E-state index in [1.165, 1.54) is 0 Å². The number of benzene rings is 1. The summed E-state index contributed by atoms with van der Waals surface area (Å²) in [6.45, 7) is 4.24. The van der Waals surface area contributed by atoms with Crippen LogP contribution in [0.15, 0.2) is 38.3 Å². The molecule has 3 aromatic rings. The standard InChI is InChI=1S/C15H13NO4/c1-3-16-10-6-8(2)4-5-9(10)14-13(15(16)19)11(17)7-12(18)20-14/h4-7,17H,3H2,1-2H3. The molecule has 0 aliphatic rings. The van der Waals surface area contributed by atoms with Crippen LogP contribution in [-0.2, 0) is 6.54 Å². The van der Waals surface area contributed by atoms with E-state index in [9.17, 15) is 14.7 Å². The minimum Gasteiger partial charge on any atom is -0.507 e. The molecule has 5 nitrogen and oxygen atoms in total. The predicted octanol–water partition coefficient (Wildman–Crippen LogP) is 2.14. The van der Waals surface area contributed by atoms with Crippen molar-refractivity contribution in [3.8, 4) is 5.75 Å². The van der Waals surface area contributed by atoms with Gasteiger partial charge in [0, 0.05) is 11.9 Å². The summed E-state index contributed by atoms with van der Waals surface area (Å²) >= 11 is 0. The molecule has 0 aliphatic heterocycles. The van der Waals surface area contributed by atoms with Crippen molar-refractivity contribution in [2.75, 3.05) is 0 Å². The molecule has 0 saturated heterocycles. The van der Waals surface area contributed by atoms with E-state index in [0.717, 1.165) is 11.6 Å². The molecule has 0 atom stereocenters.